The first kappa shape index (κ1) is 13.2. The van der Waals surface area contributed by atoms with E-state index in [1.165, 1.54) is 6.42 Å². The Kier molecular flexibility index (Phi) is 4.49. The van der Waals surface area contributed by atoms with Gasteiger partial charge in [0.25, 0.3) is 0 Å². The van der Waals surface area contributed by atoms with Crippen molar-refractivity contribution < 1.29 is 5.11 Å². The lowest BCUT2D eigenvalue weighted by Crippen LogP contribution is -2.32. The topological polar surface area (TPSA) is 71.2 Å². The third-order valence-corrected chi connectivity index (χ3v) is 3.60. The van der Waals surface area contributed by atoms with Crippen molar-refractivity contribution in [3.63, 3.8) is 0 Å². The molecule has 2 unspecified atom stereocenters. The summed E-state index contributed by atoms with van der Waals surface area (Å²) < 4.78 is 0. The summed E-state index contributed by atoms with van der Waals surface area (Å²) in [6.45, 7) is 0. The first-order valence-electron chi connectivity index (χ1n) is 6.37. The Morgan fingerprint density at radius 1 is 1.33 bits per heavy atom. The SMILES string of the molecule is NC(=S)c1ccc(NC2CCCCCC2O)nc1. The second kappa shape index (κ2) is 6.11. The number of pyridine rings is 1. The number of thiocarbonyl (C=S) groups is 1. The molecule has 0 radical (unpaired) electrons. The highest BCUT2D eigenvalue weighted by Crippen LogP contribution is 2.21. The van der Waals surface area contributed by atoms with Crippen molar-refractivity contribution in [2.45, 2.75) is 44.2 Å². The van der Waals surface area contributed by atoms with E-state index in [1.807, 2.05) is 12.1 Å². The normalized spacial score (nSPS) is 24.3. The highest BCUT2D eigenvalue weighted by atomic mass is 32.1. The summed E-state index contributed by atoms with van der Waals surface area (Å²) in [7, 11) is 0. The van der Waals surface area contributed by atoms with E-state index in [2.05, 4.69) is 10.3 Å². The summed E-state index contributed by atoms with van der Waals surface area (Å²) in [6.07, 6.45) is 6.68. The molecular formula is C13H19N3OS. The number of nitrogens with two attached hydrogens (primary N) is 1. The maximum Gasteiger partial charge on any atom is 0.126 e. The summed E-state index contributed by atoms with van der Waals surface area (Å²) in [5.41, 5.74) is 6.28. The molecule has 0 amide bonds. The molecule has 2 rings (SSSR count). The van der Waals surface area contributed by atoms with E-state index >= 15 is 0 Å². The zero-order chi connectivity index (χ0) is 13.0. The molecule has 2 atom stereocenters. The summed E-state index contributed by atoms with van der Waals surface area (Å²) in [6, 6.07) is 3.79. The fraction of sp³-hybridized carbons (Fsp3) is 0.538. The Morgan fingerprint density at radius 2 is 2.11 bits per heavy atom. The van der Waals surface area contributed by atoms with Crippen LogP contribution in [0.1, 0.15) is 37.7 Å². The zero-order valence-corrected chi connectivity index (χ0v) is 11.1. The molecule has 1 aliphatic carbocycles. The second-order valence-corrected chi connectivity index (χ2v) is 5.19. The maximum absolute atomic E-state index is 10.0. The van der Waals surface area contributed by atoms with Gasteiger partial charge in [0.2, 0.25) is 0 Å². The van der Waals surface area contributed by atoms with Gasteiger partial charge in [-0.05, 0) is 25.0 Å². The molecule has 0 aromatic carbocycles. The van der Waals surface area contributed by atoms with E-state index in [9.17, 15) is 5.11 Å². The van der Waals surface area contributed by atoms with Crippen molar-refractivity contribution in [3.8, 4) is 0 Å². The quantitative estimate of drug-likeness (QED) is 0.574. The lowest BCUT2D eigenvalue weighted by Gasteiger charge is -2.22. The van der Waals surface area contributed by atoms with Crippen molar-refractivity contribution in [3.05, 3.63) is 23.9 Å². The van der Waals surface area contributed by atoms with Crippen LogP contribution >= 0.6 is 12.2 Å². The predicted octanol–water partition coefficient (Wildman–Crippen LogP) is 1.82. The Morgan fingerprint density at radius 3 is 2.78 bits per heavy atom. The van der Waals surface area contributed by atoms with Crippen LogP contribution in [0.15, 0.2) is 18.3 Å². The molecule has 0 saturated heterocycles. The van der Waals surface area contributed by atoms with Crippen molar-refractivity contribution >= 4 is 23.0 Å². The molecular weight excluding hydrogens is 246 g/mol. The minimum absolute atomic E-state index is 0.0932. The molecule has 1 aromatic rings. The van der Waals surface area contributed by atoms with Gasteiger partial charge in [-0.3, -0.25) is 0 Å². The van der Waals surface area contributed by atoms with Gasteiger partial charge in [-0.1, -0.05) is 31.5 Å². The fourth-order valence-electron chi connectivity index (χ4n) is 2.27. The number of nitrogens with zero attached hydrogens (tertiary/aromatic N) is 1. The molecule has 18 heavy (non-hydrogen) atoms. The number of aliphatic hydroxyl groups is 1. The van der Waals surface area contributed by atoms with Gasteiger partial charge in [-0.25, -0.2) is 4.98 Å². The van der Waals surface area contributed by atoms with E-state index in [-0.39, 0.29) is 12.1 Å². The number of aliphatic hydroxyl groups excluding tert-OH is 1. The predicted molar refractivity (Wildman–Crippen MR) is 76.6 cm³/mol. The Bertz CT molecular complexity index is 407. The molecule has 1 aromatic heterocycles. The van der Waals surface area contributed by atoms with Gasteiger partial charge in [0.1, 0.15) is 10.8 Å². The molecule has 4 N–H and O–H groups in total. The Labute approximate surface area is 113 Å². The smallest absolute Gasteiger partial charge is 0.126 e. The van der Waals surface area contributed by atoms with Crippen molar-refractivity contribution in [1.82, 2.24) is 4.98 Å². The zero-order valence-electron chi connectivity index (χ0n) is 10.3. The fourth-order valence-corrected chi connectivity index (χ4v) is 2.39. The highest BCUT2D eigenvalue weighted by molar-refractivity contribution is 7.80. The number of hydrogen-bond acceptors (Lipinski definition) is 4. The van der Waals surface area contributed by atoms with Crippen molar-refractivity contribution in [1.29, 1.82) is 0 Å². The lowest BCUT2D eigenvalue weighted by atomic mass is 10.1. The molecule has 5 heteroatoms. The van der Waals surface area contributed by atoms with Gasteiger partial charge in [-0.15, -0.1) is 0 Å². The van der Waals surface area contributed by atoms with Crippen LogP contribution in [0.3, 0.4) is 0 Å². The molecule has 0 bridgehead atoms. The molecule has 1 aliphatic rings. The molecule has 0 aliphatic heterocycles. The molecule has 4 nitrogen and oxygen atoms in total. The van der Waals surface area contributed by atoms with Crippen LogP contribution in [0.5, 0.6) is 0 Å². The third kappa shape index (κ3) is 3.40. The van der Waals surface area contributed by atoms with Crippen LogP contribution in [0.2, 0.25) is 0 Å². The number of anilines is 1. The highest BCUT2D eigenvalue weighted by Gasteiger charge is 2.21. The van der Waals surface area contributed by atoms with E-state index in [4.69, 9.17) is 18.0 Å². The monoisotopic (exact) mass is 265 g/mol. The summed E-state index contributed by atoms with van der Waals surface area (Å²) in [5.74, 6) is 0.765. The molecule has 0 spiro atoms. The van der Waals surface area contributed by atoms with E-state index in [1.54, 1.807) is 6.20 Å². The third-order valence-electron chi connectivity index (χ3n) is 3.36. The largest absolute Gasteiger partial charge is 0.391 e. The van der Waals surface area contributed by atoms with Gasteiger partial charge in [-0.2, -0.15) is 0 Å². The minimum atomic E-state index is -0.287. The first-order valence-corrected chi connectivity index (χ1v) is 6.78. The van der Waals surface area contributed by atoms with E-state index < -0.39 is 0 Å². The number of rotatable bonds is 3. The average Bonchev–Trinajstić information content (AvgIpc) is 2.56. The second-order valence-electron chi connectivity index (χ2n) is 4.75. The van der Waals surface area contributed by atoms with E-state index in [0.717, 1.165) is 37.1 Å². The maximum atomic E-state index is 10.0. The van der Waals surface area contributed by atoms with Gasteiger partial charge < -0.3 is 16.2 Å². The van der Waals surface area contributed by atoms with Gasteiger partial charge in [0.15, 0.2) is 0 Å². The Balaban J connectivity index is 2.01. The Hall–Kier alpha value is -1.20. The van der Waals surface area contributed by atoms with Crippen LogP contribution in [-0.2, 0) is 0 Å². The standard InChI is InChI=1S/C13H19N3OS/c14-13(18)9-6-7-12(15-8-9)16-10-4-2-1-3-5-11(10)17/h6-8,10-11,17H,1-5H2,(H2,14,18)(H,15,16). The first-order chi connectivity index (χ1) is 8.66. The van der Waals surface area contributed by atoms with Crippen LogP contribution in [0.4, 0.5) is 5.82 Å². The van der Waals surface area contributed by atoms with Crippen molar-refractivity contribution in [2.75, 3.05) is 5.32 Å². The van der Waals surface area contributed by atoms with Crippen LogP contribution in [0.25, 0.3) is 0 Å². The minimum Gasteiger partial charge on any atom is -0.391 e. The summed E-state index contributed by atoms with van der Waals surface area (Å²) in [5, 5.41) is 13.3. The number of aromatic nitrogens is 1. The van der Waals surface area contributed by atoms with Crippen LogP contribution in [0, 0.1) is 0 Å². The van der Waals surface area contributed by atoms with Gasteiger partial charge in [0, 0.05) is 11.8 Å². The van der Waals surface area contributed by atoms with Gasteiger partial charge in [0.05, 0.1) is 12.1 Å². The van der Waals surface area contributed by atoms with Crippen LogP contribution in [-0.4, -0.2) is 27.2 Å². The van der Waals surface area contributed by atoms with Crippen LogP contribution < -0.4 is 11.1 Å². The summed E-state index contributed by atoms with van der Waals surface area (Å²) in [4.78, 5) is 4.62. The lowest BCUT2D eigenvalue weighted by molar-refractivity contribution is 0.144. The van der Waals surface area contributed by atoms with E-state index in [0.29, 0.717) is 4.99 Å². The summed E-state index contributed by atoms with van der Waals surface area (Å²) >= 11 is 4.88. The van der Waals surface area contributed by atoms with Gasteiger partial charge >= 0.3 is 0 Å². The number of nitrogens with one attached hydrogen (secondary N) is 1. The molecule has 1 heterocycles. The average molecular weight is 265 g/mol. The molecule has 1 fully saturated rings. The van der Waals surface area contributed by atoms with Crippen molar-refractivity contribution in [2.24, 2.45) is 5.73 Å². The number of hydrogen-bond donors (Lipinski definition) is 3. The molecule has 1 saturated carbocycles. The molecule has 98 valence electrons.